The lowest BCUT2D eigenvalue weighted by Crippen LogP contribution is -2.21. The molecule has 0 unspecified atom stereocenters. The van der Waals surface area contributed by atoms with Crippen molar-refractivity contribution in [2.24, 2.45) is 10.3 Å². The van der Waals surface area contributed by atoms with Crippen LogP contribution in [-0.2, 0) is 32.8 Å². The fourth-order valence-electron chi connectivity index (χ4n) is 2.35. The van der Waals surface area contributed by atoms with E-state index in [0.29, 0.717) is 17.7 Å². The molecule has 158 valence electrons. The van der Waals surface area contributed by atoms with Crippen LogP contribution >= 0.6 is 0 Å². The molecule has 2 aromatic carbocycles. The number of nitrogens with one attached hydrogen (secondary N) is 1. The van der Waals surface area contributed by atoms with Gasteiger partial charge in [-0.05, 0) is 29.8 Å². The van der Waals surface area contributed by atoms with Crippen molar-refractivity contribution in [3.05, 3.63) is 53.1 Å². The topological polar surface area (TPSA) is 170 Å². The maximum Gasteiger partial charge on any atom is 0.417 e. The van der Waals surface area contributed by atoms with E-state index in [4.69, 9.17) is 10.3 Å². The van der Waals surface area contributed by atoms with E-state index >= 15 is 0 Å². The minimum absolute atomic E-state index is 0.190. The predicted molar refractivity (Wildman–Crippen MR) is 94.9 cm³/mol. The summed E-state index contributed by atoms with van der Waals surface area (Å²) < 4.78 is 85.1. The summed E-state index contributed by atoms with van der Waals surface area (Å²) in [6, 6.07) is 5.62. The zero-order chi connectivity index (χ0) is 22.2. The number of carboxylic acid groups (broad SMARTS) is 1. The Labute approximate surface area is 163 Å². The monoisotopic (exact) mass is 453 g/mol. The second kappa shape index (κ2) is 7.62. The lowest BCUT2D eigenvalue weighted by molar-refractivity contribution is -0.139. The van der Waals surface area contributed by atoms with Gasteiger partial charge in [0.2, 0.25) is 20.0 Å². The van der Waals surface area contributed by atoms with E-state index < -0.39 is 53.9 Å². The summed E-state index contributed by atoms with van der Waals surface area (Å²) in [5, 5.41) is 21.4. The van der Waals surface area contributed by atoms with Gasteiger partial charge < -0.3 is 10.4 Å². The van der Waals surface area contributed by atoms with Crippen LogP contribution in [0.25, 0.3) is 0 Å². The van der Waals surface area contributed by atoms with E-state index in [-0.39, 0.29) is 11.4 Å². The Balaban J connectivity index is 2.48. The summed E-state index contributed by atoms with van der Waals surface area (Å²) in [4.78, 5) is 9.83. The second-order valence-electron chi connectivity index (χ2n) is 5.78. The van der Waals surface area contributed by atoms with Gasteiger partial charge in [0.15, 0.2) is 0 Å². The summed E-state index contributed by atoms with van der Waals surface area (Å²) in [7, 11) is -8.79. The Hall–Kier alpha value is -2.68. The standard InChI is InChI=1S/C15H14F3N3O6S2/c16-15(17,18)11-6-12(10(14(22)23)5-13(11)29(20,26)27)21-7-8-1-3-9(4-2-8)28(19,24)25/h1-6,21H,7H2,(H,22,23)(H2,19,24,25)(H2,20,26,27). The number of halogens is 3. The van der Waals surface area contributed by atoms with E-state index in [9.17, 15) is 39.9 Å². The molecule has 0 aliphatic heterocycles. The molecule has 2 aromatic rings. The van der Waals surface area contributed by atoms with Gasteiger partial charge in [-0.1, -0.05) is 12.1 Å². The van der Waals surface area contributed by atoms with Crippen molar-refractivity contribution >= 4 is 31.7 Å². The van der Waals surface area contributed by atoms with Gasteiger partial charge in [-0.15, -0.1) is 0 Å². The van der Waals surface area contributed by atoms with Crippen molar-refractivity contribution in [1.82, 2.24) is 0 Å². The first-order valence-electron chi connectivity index (χ1n) is 7.47. The summed E-state index contributed by atoms with van der Waals surface area (Å²) >= 11 is 0. The first kappa shape index (κ1) is 22.6. The molecule has 0 fully saturated rings. The molecule has 0 aliphatic carbocycles. The molecule has 14 heteroatoms. The van der Waals surface area contributed by atoms with E-state index in [1.807, 2.05) is 0 Å². The zero-order valence-electron chi connectivity index (χ0n) is 14.3. The molecular formula is C15H14F3N3O6S2. The molecule has 0 bridgehead atoms. The predicted octanol–water partition coefficient (Wildman–Crippen LogP) is 1.31. The third-order valence-electron chi connectivity index (χ3n) is 3.70. The quantitative estimate of drug-likeness (QED) is 0.511. The molecule has 9 nitrogen and oxygen atoms in total. The highest BCUT2D eigenvalue weighted by Crippen LogP contribution is 2.37. The molecule has 0 amide bonds. The molecule has 0 atom stereocenters. The van der Waals surface area contributed by atoms with Gasteiger partial charge in [-0.2, -0.15) is 13.2 Å². The highest BCUT2D eigenvalue weighted by molar-refractivity contribution is 7.89. The van der Waals surface area contributed by atoms with Crippen LogP contribution in [0.1, 0.15) is 21.5 Å². The van der Waals surface area contributed by atoms with Crippen molar-refractivity contribution in [2.45, 2.75) is 22.5 Å². The molecule has 6 N–H and O–H groups in total. The summed E-state index contributed by atoms with van der Waals surface area (Å²) in [5.74, 6) is -1.68. The van der Waals surface area contributed by atoms with Crippen molar-refractivity contribution in [2.75, 3.05) is 5.32 Å². The van der Waals surface area contributed by atoms with Crippen LogP contribution in [0.4, 0.5) is 18.9 Å². The lowest BCUT2D eigenvalue weighted by Gasteiger charge is -2.17. The Morgan fingerprint density at radius 3 is 1.97 bits per heavy atom. The number of carboxylic acids is 1. The van der Waals surface area contributed by atoms with Crippen molar-refractivity contribution in [1.29, 1.82) is 0 Å². The van der Waals surface area contributed by atoms with Crippen molar-refractivity contribution in [3.8, 4) is 0 Å². The van der Waals surface area contributed by atoms with Crippen LogP contribution in [0.3, 0.4) is 0 Å². The number of alkyl halides is 3. The average Bonchev–Trinajstić information content (AvgIpc) is 2.57. The van der Waals surface area contributed by atoms with E-state index in [0.717, 1.165) is 12.1 Å². The Bertz CT molecular complexity index is 1160. The number of primary sulfonamides is 2. The molecule has 0 radical (unpaired) electrons. The van der Waals surface area contributed by atoms with E-state index in [1.165, 1.54) is 12.1 Å². The van der Waals surface area contributed by atoms with Gasteiger partial charge in [-0.3, -0.25) is 0 Å². The number of hydrogen-bond acceptors (Lipinski definition) is 6. The normalized spacial score (nSPS) is 12.6. The maximum atomic E-state index is 13.2. The number of carbonyl (C=O) groups is 1. The Morgan fingerprint density at radius 2 is 1.55 bits per heavy atom. The SMILES string of the molecule is NS(=O)(=O)c1ccc(CNc2cc(C(F)(F)F)c(S(N)(=O)=O)cc2C(=O)O)cc1. The third kappa shape index (κ3) is 5.44. The first-order valence-corrected chi connectivity index (χ1v) is 10.6. The highest BCUT2D eigenvalue weighted by Gasteiger charge is 2.38. The minimum atomic E-state index is -5.12. The van der Waals surface area contributed by atoms with Crippen molar-refractivity contribution < 1.29 is 39.9 Å². The molecule has 2 rings (SSSR count). The van der Waals surface area contributed by atoms with Crippen LogP contribution in [-0.4, -0.2) is 27.9 Å². The van der Waals surface area contributed by atoms with Crippen molar-refractivity contribution in [3.63, 3.8) is 0 Å². The smallest absolute Gasteiger partial charge is 0.417 e. The zero-order valence-corrected chi connectivity index (χ0v) is 15.9. The van der Waals surface area contributed by atoms with Crippen LogP contribution in [0.15, 0.2) is 46.2 Å². The van der Waals surface area contributed by atoms with E-state index in [1.54, 1.807) is 0 Å². The molecule has 29 heavy (non-hydrogen) atoms. The average molecular weight is 453 g/mol. The van der Waals surface area contributed by atoms with Gasteiger partial charge in [0.1, 0.15) is 0 Å². The second-order valence-corrected chi connectivity index (χ2v) is 8.88. The van der Waals surface area contributed by atoms with Crippen LogP contribution in [0.2, 0.25) is 0 Å². The Morgan fingerprint density at radius 1 is 1.00 bits per heavy atom. The first-order chi connectivity index (χ1) is 13.1. The number of aromatic carboxylic acids is 1. The molecule has 0 spiro atoms. The molecule has 0 saturated heterocycles. The number of benzene rings is 2. The summed E-state index contributed by atoms with van der Waals surface area (Å²) in [6.07, 6.45) is -5.12. The highest BCUT2D eigenvalue weighted by atomic mass is 32.2. The largest absolute Gasteiger partial charge is 0.478 e. The van der Waals surface area contributed by atoms with Crippen LogP contribution < -0.4 is 15.6 Å². The third-order valence-corrected chi connectivity index (χ3v) is 5.58. The summed E-state index contributed by atoms with van der Waals surface area (Å²) in [5.41, 5.74) is -2.49. The molecule has 0 aromatic heterocycles. The fourth-order valence-corrected chi connectivity index (χ4v) is 3.63. The maximum absolute atomic E-state index is 13.2. The lowest BCUT2D eigenvalue weighted by atomic mass is 10.1. The number of hydrogen-bond donors (Lipinski definition) is 4. The van der Waals surface area contributed by atoms with Gasteiger partial charge in [0, 0.05) is 12.2 Å². The van der Waals surface area contributed by atoms with Gasteiger partial charge >= 0.3 is 12.1 Å². The Kier molecular flexibility index (Phi) is 5.94. The van der Waals surface area contributed by atoms with Crippen LogP contribution in [0.5, 0.6) is 0 Å². The number of anilines is 1. The minimum Gasteiger partial charge on any atom is -0.478 e. The molecule has 0 aliphatic rings. The fraction of sp³-hybridized carbons (Fsp3) is 0.133. The van der Waals surface area contributed by atoms with Gasteiger partial charge in [0.25, 0.3) is 0 Å². The van der Waals surface area contributed by atoms with Gasteiger partial charge in [-0.25, -0.2) is 31.9 Å². The van der Waals surface area contributed by atoms with Gasteiger partial charge in [0.05, 0.1) is 20.9 Å². The number of sulfonamides is 2. The molecular weight excluding hydrogens is 439 g/mol. The number of nitrogens with two attached hydrogens (primary N) is 2. The number of rotatable bonds is 6. The molecule has 0 heterocycles. The molecule has 0 saturated carbocycles. The summed E-state index contributed by atoms with van der Waals surface area (Å²) in [6.45, 7) is -0.197. The van der Waals surface area contributed by atoms with E-state index in [2.05, 4.69) is 5.32 Å². The van der Waals surface area contributed by atoms with Crippen LogP contribution in [0, 0.1) is 0 Å².